The van der Waals surface area contributed by atoms with E-state index in [-0.39, 0.29) is 0 Å². The highest BCUT2D eigenvalue weighted by molar-refractivity contribution is 7.08. The minimum absolute atomic E-state index is 0.670. The van der Waals surface area contributed by atoms with Gasteiger partial charge in [-0.25, -0.2) is 0 Å². The summed E-state index contributed by atoms with van der Waals surface area (Å²) in [6, 6.07) is 0. The lowest BCUT2D eigenvalue weighted by molar-refractivity contribution is 0.0719. The maximum Gasteiger partial charge on any atom is 0.0700 e. The molecule has 0 radical (unpaired) electrons. The largest absolute Gasteiger partial charge is 0.382 e. The van der Waals surface area contributed by atoms with Crippen LogP contribution in [0.4, 0.5) is 0 Å². The summed E-state index contributed by atoms with van der Waals surface area (Å²) < 4.78 is 10.2. The van der Waals surface area contributed by atoms with Crippen LogP contribution in [0, 0.1) is 6.92 Å². The van der Waals surface area contributed by atoms with Crippen LogP contribution < -0.4 is 5.32 Å². The molecule has 3 nitrogen and oxygen atoms in total. The molecule has 0 fully saturated rings. The second-order valence-corrected chi connectivity index (χ2v) is 4.11. The van der Waals surface area contributed by atoms with Crippen LogP contribution in [-0.2, 0) is 16.0 Å². The number of methoxy groups -OCH3 is 1. The van der Waals surface area contributed by atoms with Crippen molar-refractivity contribution in [2.24, 2.45) is 0 Å². The summed E-state index contributed by atoms with van der Waals surface area (Å²) in [4.78, 5) is 0. The molecular weight excluding hydrogens is 210 g/mol. The highest BCUT2D eigenvalue weighted by atomic mass is 32.1. The number of aryl methyl sites for hydroxylation is 1. The summed E-state index contributed by atoms with van der Waals surface area (Å²) >= 11 is 1.75. The third-order valence-electron chi connectivity index (χ3n) is 2.13. The van der Waals surface area contributed by atoms with Crippen LogP contribution in [0.25, 0.3) is 0 Å². The molecule has 0 atom stereocenters. The third kappa shape index (κ3) is 5.28. The first kappa shape index (κ1) is 12.6. The highest BCUT2D eigenvalue weighted by Crippen LogP contribution is 2.12. The maximum absolute atomic E-state index is 5.34. The first-order valence-electron chi connectivity index (χ1n) is 5.13. The van der Waals surface area contributed by atoms with E-state index in [1.807, 2.05) is 0 Å². The topological polar surface area (TPSA) is 30.5 Å². The summed E-state index contributed by atoms with van der Waals surface area (Å²) in [6.07, 6.45) is 0. The van der Waals surface area contributed by atoms with E-state index in [4.69, 9.17) is 9.47 Å². The Labute approximate surface area is 95.4 Å². The van der Waals surface area contributed by atoms with Gasteiger partial charge in [-0.15, -0.1) is 0 Å². The summed E-state index contributed by atoms with van der Waals surface area (Å²) in [5.74, 6) is 0. The van der Waals surface area contributed by atoms with Gasteiger partial charge in [-0.05, 0) is 28.8 Å². The molecule has 1 aromatic rings. The number of thiophene rings is 1. The molecule has 0 aliphatic heterocycles. The number of nitrogens with one attached hydrogen (secondary N) is 1. The summed E-state index contributed by atoms with van der Waals surface area (Å²) in [5, 5.41) is 7.71. The standard InChI is InChI=1S/C11H19NO2S/c1-10-8-15-9-11(10)7-12-3-4-14-6-5-13-2/h8-9,12H,3-7H2,1-2H3. The van der Waals surface area contributed by atoms with Crippen molar-refractivity contribution in [1.82, 2.24) is 5.32 Å². The van der Waals surface area contributed by atoms with E-state index in [0.717, 1.165) is 19.7 Å². The van der Waals surface area contributed by atoms with Crippen molar-refractivity contribution in [2.45, 2.75) is 13.5 Å². The molecule has 0 saturated heterocycles. The zero-order valence-corrected chi connectivity index (χ0v) is 10.2. The molecule has 4 heteroatoms. The maximum atomic E-state index is 5.34. The number of hydrogen-bond donors (Lipinski definition) is 1. The number of ether oxygens (including phenoxy) is 2. The Morgan fingerprint density at radius 3 is 2.80 bits per heavy atom. The van der Waals surface area contributed by atoms with Crippen molar-refractivity contribution in [2.75, 3.05) is 33.5 Å². The third-order valence-corrected chi connectivity index (χ3v) is 3.04. The second kappa shape index (κ2) is 7.82. The molecule has 0 spiro atoms. The molecule has 1 aromatic heterocycles. The van der Waals surface area contributed by atoms with Crippen molar-refractivity contribution in [3.63, 3.8) is 0 Å². The van der Waals surface area contributed by atoms with Crippen molar-refractivity contribution < 1.29 is 9.47 Å². The minimum atomic E-state index is 0.670. The van der Waals surface area contributed by atoms with E-state index < -0.39 is 0 Å². The smallest absolute Gasteiger partial charge is 0.0700 e. The Hall–Kier alpha value is -0.420. The van der Waals surface area contributed by atoms with Crippen LogP contribution in [0.2, 0.25) is 0 Å². The van der Waals surface area contributed by atoms with Crippen LogP contribution in [0.3, 0.4) is 0 Å². The minimum Gasteiger partial charge on any atom is -0.382 e. The van der Waals surface area contributed by atoms with Gasteiger partial charge in [-0.3, -0.25) is 0 Å². The normalized spacial score (nSPS) is 10.8. The zero-order chi connectivity index (χ0) is 10.9. The fourth-order valence-electron chi connectivity index (χ4n) is 1.18. The molecule has 1 N–H and O–H groups in total. The van der Waals surface area contributed by atoms with Crippen molar-refractivity contribution >= 4 is 11.3 Å². The molecule has 1 heterocycles. The quantitative estimate of drug-likeness (QED) is 0.690. The second-order valence-electron chi connectivity index (χ2n) is 3.36. The van der Waals surface area contributed by atoms with E-state index in [2.05, 4.69) is 23.0 Å². The summed E-state index contributed by atoms with van der Waals surface area (Å²) in [5.41, 5.74) is 2.75. The monoisotopic (exact) mass is 229 g/mol. The first-order chi connectivity index (χ1) is 7.34. The van der Waals surface area contributed by atoms with E-state index in [0.29, 0.717) is 13.2 Å². The number of hydrogen-bond acceptors (Lipinski definition) is 4. The molecule has 0 bridgehead atoms. The Balaban J connectivity index is 1.96. The lowest BCUT2D eigenvalue weighted by atomic mass is 10.2. The molecule has 0 aromatic carbocycles. The lowest BCUT2D eigenvalue weighted by Gasteiger charge is -2.05. The van der Waals surface area contributed by atoms with Crippen LogP contribution >= 0.6 is 11.3 Å². The van der Waals surface area contributed by atoms with Crippen molar-refractivity contribution in [1.29, 1.82) is 0 Å². The molecule has 0 amide bonds. The Kier molecular flexibility index (Phi) is 6.59. The average molecular weight is 229 g/mol. The molecule has 0 aliphatic rings. The Morgan fingerprint density at radius 1 is 1.27 bits per heavy atom. The zero-order valence-electron chi connectivity index (χ0n) is 9.41. The molecule has 0 unspecified atom stereocenters. The van der Waals surface area contributed by atoms with Crippen molar-refractivity contribution in [3.05, 3.63) is 21.9 Å². The Morgan fingerprint density at radius 2 is 2.13 bits per heavy atom. The van der Waals surface area contributed by atoms with Gasteiger partial charge in [0.2, 0.25) is 0 Å². The SMILES string of the molecule is COCCOCCNCc1cscc1C. The van der Waals surface area contributed by atoms with Gasteiger partial charge in [0.1, 0.15) is 0 Å². The van der Waals surface area contributed by atoms with Gasteiger partial charge in [-0.2, -0.15) is 11.3 Å². The fraction of sp³-hybridized carbons (Fsp3) is 0.636. The van der Waals surface area contributed by atoms with Gasteiger partial charge in [-0.1, -0.05) is 0 Å². The molecule has 0 aliphatic carbocycles. The van der Waals surface area contributed by atoms with Crippen LogP contribution in [0.1, 0.15) is 11.1 Å². The van der Waals surface area contributed by atoms with E-state index in [9.17, 15) is 0 Å². The van der Waals surface area contributed by atoms with Gasteiger partial charge in [0, 0.05) is 20.2 Å². The van der Waals surface area contributed by atoms with Gasteiger partial charge < -0.3 is 14.8 Å². The van der Waals surface area contributed by atoms with Gasteiger partial charge >= 0.3 is 0 Å². The van der Waals surface area contributed by atoms with E-state index in [1.165, 1.54) is 11.1 Å². The first-order valence-corrected chi connectivity index (χ1v) is 6.08. The van der Waals surface area contributed by atoms with E-state index in [1.54, 1.807) is 18.4 Å². The Bertz CT molecular complexity index is 263. The van der Waals surface area contributed by atoms with Crippen LogP contribution in [0.5, 0.6) is 0 Å². The van der Waals surface area contributed by atoms with Crippen LogP contribution in [-0.4, -0.2) is 33.5 Å². The predicted molar refractivity (Wildman–Crippen MR) is 63.5 cm³/mol. The number of rotatable bonds is 8. The summed E-state index contributed by atoms with van der Waals surface area (Å²) in [7, 11) is 1.68. The molecule has 1 rings (SSSR count). The van der Waals surface area contributed by atoms with Gasteiger partial charge in [0.25, 0.3) is 0 Å². The predicted octanol–water partition coefficient (Wildman–Crippen LogP) is 1.81. The molecule has 15 heavy (non-hydrogen) atoms. The summed E-state index contributed by atoms with van der Waals surface area (Å²) in [6.45, 7) is 6.05. The van der Waals surface area contributed by atoms with Gasteiger partial charge in [0.05, 0.1) is 19.8 Å². The molecule has 86 valence electrons. The van der Waals surface area contributed by atoms with Crippen molar-refractivity contribution in [3.8, 4) is 0 Å². The molecular formula is C11H19NO2S. The lowest BCUT2D eigenvalue weighted by Crippen LogP contribution is -2.20. The van der Waals surface area contributed by atoms with E-state index >= 15 is 0 Å². The molecule has 0 saturated carbocycles. The van der Waals surface area contributed by atoms with Gasteiger partial charge in [0.15, 0.2) is 0 Å². The van der Waals surface area contributed by atoms with Crippen LogP contribution in [0.15, 0.2) is 10.8 Å². The fourth-order valence-corrected chi connectivity index (χ4v) is 2.04. The average Bonchev–Trinajstić information content (AvgIpc) is 2.63. The highest BCUT2D eigenvalue weighted by Gasteiger charge is 1.97.